The smallest absolute Gasteiger partial charge is 0.222 e. The number of hydrogen-bond acceptors (Lipinski definition) is 4. The molecule has 0 bridgehead atoms. The van der Waals surface area contributed by atoms with Crippen LogP contribution in [0.2, 0.25) is 0 Å². The molecule has 3 rings (SSSR count). The Morgan fingerprint density at radius 1 is 1.40 bits per heavy atom. The van der Waals surface area contributed by atoms with E-state index in [-0.39, 0.29) is 11.5 Å². The number of hydrogen-bond donors (Lipinski definition) is 0. The van der Waals surface area contributed by atoms with Crippen molar-refractivity contribution in [2.75, 3.05) is 33.8 Å². The molecule has 1 amide bonds. The molecule has 6 nitrogen and oxygen atoms in total. The maximum atomic E-state index is 12.0. The molecule has 1 aromatic heterocycles. The largest absolute Gasteiger partial charge is 0.375 e. The van der Waals surface area contributed by atoms with Crippen LogP contribution in [-0.4, -0.2) is 64.9 Å². The van der Waals surface area contributed by atoms with Crippen molar-refractivity contribution >= 4 is 5.91 Å². The van der Waals surface area contributed by atoms with Crippen LogP contribution in [0.25, 0.3) is 0 Å². The van der Waals surface area contributed by atoms with Crippen molar-refractivity contribution < 1.29 is 9.53 Å². The summed E-state index contributed by atoms with van der Waals surface area (Å²) in [4.78, 5) is 16.3. The Morgan fingerprint density at radius 3 is 2.72 bits per heavy atom. The van der Waals surface area contributed by atoms with E-state index in [0.717, 1.165) is 51.9 Å². The Hall–Kier alpha value is -1.40. The molecule has 25 heavy (non-hydrogen) atoms. The summed E-state index contributed by atoms with van der Waals surface area (Å²) in [7, 11) is 5.68. The van der Waals surface area contributed by atoms with Crippen molar-refractivity contribution in [3.05, 3.63) is 17.5 Å². The molecule has 2 saturated heterocycles. The van der Waals surface area contributed by atoms with Crippen LogP contribution in [0.3, 0.4) is 0 Å². The Morgan fingerprint density at radius 2 is 2.12 bits per heavy atom. The lowest BCUT2D eigenvalue weighted by Gasteiger charge is -2.46. The number of likely N-dealkylation sites (tertiary alicyclic amines) is 1. The maximum Gasteiger partial charge on any atom is 0.222 e. The van der Waals surface area contributed by atoms with Gasteiger partial charge in [-0.1, -0.05) is 0 Å². The van der Waals surface area contributed by atoms with Gasteiger partial charge in [0.25, 0.3) is 0 Å². The van der Waals surface area contributed by atoms with Gasteiger partial charge in [-0.3, -0.25) is 14.4 Å². The molecule has 0 aromatic carbocycles. The maximum absolute atomic E-state index is 12.0. The van der Waals surface area contributed by atoms with E-state index in [0.29, 0.717) is 12.3 Å². The Kier molecular flexibility index (Phi) is 5.49. The molecule has 1 unspecified atom stereocenters. The standard InChI is InChI=1S/C19H32N4O2/c1-15-17(13-20-22(15)4)14-23-8-6-19(7-9-23)12-16(5-10-25-19)11-18(24)21(2)3/h13,16H,5-12,14H2,1-4H3. The summed E-state index contributed by atoms with van der Waals surface area (Å²) in [6, 6.07) is 0. The van der Waals surface area contributed by atoms with Gasteiger partial charge in [0.05, 0.1) is 11.8 Å². The predicted octanol–water partition coefficient (Wildman–Crippen LogP) is 1.97. The fraction of sp³-hybridized carbons (Fsp3) is 0.789. The fourth-order valence-electron chi connectivity index (χ4n) is 4.14. The molecule has 1 aromatic rings. The van der Waals surface area contributed by atoms with Gasteiger partial charge in [-0.2, -0.15) is 5.10 Å². The van der Waals surface area contributed by atoms with Gasteiger partial charge in [0.1, 0.15) is 0 Å². The van der Waals surface area contributed by atoms with Gasteiger partial charge in [0.2, 0.25) is 5.91 Å². The van der Waals surface area contributed by atoms with Crippen LogP contribution in [0, 0.1) is 12.8 Å². The van der Waals surface area contributed by atoms with Crippen LogP contribution in [0.4, 0.5) is 0 Å². The molecule has 0 radical (unpaired) electrons. The lowest BCUT2D eigenvalue weighted by atomic mass is 9.78. The normalized spacial score (nSPS) is 23.8. The SMILES string of the molecule is Cc1c(CN2CCC3(CC2)CC(CC(=O)N(C)C)CCO3)cnn1C. The number of rotatable bonds is 4. The van der Waals surface area contributed by atoms with Crippen LogP contribution in [-0.2, 0) is 23.1 Å². The molecule has 2 fully saturated rings. The fourth-order valence-corrected chi connectivity index (χ4v) is 4.14. The summed E-state index contributed by atoms with van der Waals surface area (Å²) in [5, 5.41) is 4.35. The first-order chi connectivity index (χ1) is 11.9. The topological polar surface area (TPSA) is 50.6 Å². The van der Waals surface area contributed by atoms with Crippen LogP contribution >= 0.6 is 0 Å². The zero-order valence-corrected chi connectivity index (χ0v) is 16.1. The summed E-state index contributed by atoms with van der Waals surface area (Å²) in [6.07, 6.45) is 6.83. The number of aromatic nitrogens is 2. The van der Waals surface area contributed by atoms with Crippen LogP contribution in [0.5, 0.6) is 0 Å². The number of carbonyl (C=O) groups excluding carboxylic acids is 1. The number of aryl methyl sites for hydroxylation is 1. The van der Waals surface area contributed by atoms with E-state index >= 15 is 0 Å². The lowest BCUT2D eigenvalue weighted by Crippen LogP contribution is -2.49. The predicted molar refractivity (Wildman–Crippen MR) is 97.2 cm³/mol. The molecule has 0 saturated carbocycles. The first-order valence-electron chi connectivity index (χ1n) is 9.42. The van der Waals surface area contributed by atoms with Crippen LogP contribution in [0.15, 0.2) is 6.20 Å². The third-order valence-electron chi connectivity index (χ3n) is 6.06. The second-order valence-corrected chi connectivity index (χ2v) is 8.04. The van der Waals surface area contributed by atoms with Gasteiger partial charge in [-0.25, -0.2) is 0 Å². The highest BCUT2D eigenvalue weighted by molar-refractivity contribution is 5.75. The van der Waals surface area contributed by atoms with Crippen molar-refractivity contribution in [2.45, 2.75) is 51.2 Å². The Labute approximate surface area is 151 Å². The number of piperidine rings is 1. The third kappa shape index (κ3) is 4.23. The average molecular weight is 348 g/mol. The third-order valence-corrected chi connectivity index (χ3v) is 6.06. The summed E-state index contributed by atoms with van der Waals surface area (Å²) >= 11 is 0. The number of ether oxygens (including phenoxy) is 1. The summed E-state index contributed by atoms with van der Waals surface area (Å²) in [6.45, 7) is 6.02. The Balaban J connectivity index is 1.53. The van der Waals surface area contributed by atoms with E-state index in [1.54, 1.807) is 4.90 Å². The van der Waals surface area contributed by atoms with E-state index in [9.17, 15) is 4.79 Å². The molecule has 1 spiro atoms. The minimum Gasteiger partial charge on any atom is -0.375 e. The molecular formula is C19H32N4O2. The average Bonchev–Trinajstić information content (AvgIpc) is 2.89. The van der Waals surface area contributed by atoms with Crippen molar-refractivity contribution in [2.24, 2.45) is 13.0 Å². The molecular weight excluding hydrogens is 316 g/mol. The van der Waals surface area contributed by atoms with Crippen LogP contribution < -0.4 is 0 Å². The van der Waals surface area contributed by atoms with Gasteiger partial charge >= 0.3 is 0 Å². The first kappa shape index (κ1) is 18.4. The molecule has 0 aliphatic carbocycles. The van der Waals surface area contributed by atoms with Gasteiger partial charge in [0, 0.05) is 65.1 Å². The van der Waals surface area contributed by atoms with Gasteiger partial charge in [0.15, 0.2) is 0 Å². The van der Waals surface area contributed by atoms with Gasteiger partial charge < -0.3 is 9.64 Å². The first-order valence-corrected chi connectivity index (χ1v) is 9.42. The monoisotopic (exact) mass is 348 g/mol. The molecule has 3 heterocycles. The minimum atomic E-state index is -0.00398. The molecule has 2 aliphatic rings. The number of nitrogens with zero attached hydrogens (tertiary/aromatic N) is 4. The Bertz CT molecular complexity index is 603. The van der Waals surface area contributed by atoms with Gasteiger partial charge in [-0.05, 0) is 38.5 Å². The molecule has 140 valence electrons. The van der Waals surface area contributed by atoms with Crippen molar-refractivity contribution in [3.8, 4) is 0 Å². The number of amides is 1. The summed E-state index contributed by atoms with van der Waals surface area (Å²) in [5.74, 6) is 0.710. The van der Waals surface area contributed by atoms with E-state index in [4.69, 9.17) is 4.74 Å². The van der Waals surface area contributed by atoms with E-state index in [2.05, 4.69) is 16.9 Å². The van der Waals surface area contributed by atoms with Crippen LogP contribution in [0.1, 0.15) is 43.4 Å². The summed E-state index contributed by atoms with van der Waals surface area (Å²) in [5.41, 5.74) is 2.56. The quantitative estimate of drug-likeness (QED) is 0.835. The molecule has 1 atom stereocenters. The van der Waals surface area contributed by atoms with Crippen molar-refractivity contribution in [3.63, 3.8) is 0 Å². The van der Waals surface area contributed by atoms with Crippen molar-refractivity contribution in [1.29, 1.82) is 0 Å². The van der Waals surface area contributed by atoms with E-state index in [1.165, 1.54) is 11.3 Å². The highest BCUT2D eigenvalue weighted by Crippen LogP contribution is 2.39. The van der Waals surface area contributed by atoms with E-state index in [1.807, 2.05) is 32.0 Å². The second-order valence-electron chi connectivity index (χ2n) is 8.04. The van der Waals surface area contributed by atoms with E-state index < -0.39 is 0 Å². The van der Waals surface area contributed by atoms with Crippen molar-refractivity contribution in [1.82, 2.24) is 19.6 Å². The lowest BCUT2D eigenvalue weighted by molar-refractivity contribution is -0.140. The highest BCUT2D eigenvalue weighted by atomic mass is 16.5. The zero-order valence-electron chi connectivity index (χ0n) is 16.1. The highest BCUT2D eigenvalue weighted by Gasteiger charge is 2.40. The molecule has 2 aliphatic heterocycles. The minimum absolute atomic E-state index is 0.00398. The second kappa shape index (κ2) is 7.46. The van der Waals surface area contributed by atoms with Gasteiger partial charge in [-0.15, -0.1) is 0 Å². The summed E-state index contributed by atoms with van der Waals surface area (Å²) < 4.78 is 8.18. The molecule has 0 N–H and O–H groups in total. The zero-order chi connectivity index (χ0) is 18.0. The molecule has 6 heteroatoms. The number of carbonyl (C=O) groups is 1.